The molecular formula is C24H25ClN2O2S. The highest BCUT2D eigenvalue weighted by molar-refractivity contribution is 7.16. The minimum absolute atomic E-state index is 0.00935. The Labute approximate surface area is 185 Å². The molecule has 2 aromatic heterocycles. The lowest BCUT2D eigenvalue weighted by Crippen LogP contribution is -2.38. The van der Waals surface area contributed by atoms with E-state index in [1.54, 1.807) is 11.3 Å². The summed E-state index contributed by atoms with van der Waals surface area (Å²) in [6.45, 7) is 6.94. The maximum atomic E-state index is 13.0. The van der Waals surface area contributed by atoms with Gasteiger partial charge in [0.2, 0.25) is 0 Å². The number of fused-ring (bicyclic) bond motifs is 3. The minimum atomic E-state index is -0.371. The fourth-order valence-corrected chi connectivity index (χ4v) is 5.94. The Morgan fingerprint density at radius 1 is 1.10 bits per heavy atom. The third-order valence-electron chi connectivity index (χ3n) is 6.31. The average molecular weight is 441 g/mol. The molecule has 0 spiro atoms. The molecule has 3 heterocycles. The summed E-state index contributed by atoms with van der Waals surface area (Å²) in [7, 11) is 0. The molecule has 1 aliphatic heterocycles. The predicted molar refractivity (Wildman–Crippen MR) is 122 cm³/mol. The molecule has 2 N–H and O–H groups in total. The van der Waals surface area contributed by atoms with E-state index in [4.69, 9.17) is 16.0 Å². The summed E-state index contributed by atoms with van der Waals surface area (Å²) in [4.78, 5) is 14.4. The molecule has 0 bridgehead atoms. The van der Waals surface area contributed by atoms with E-state index in [1.807, 2.05) is 36.4 Å². The number of amides is 1. The van der Waals surface area contributed by atoms with Gasteiger partial charge in [0.25, 0.3) is 5.91 Å². The van der Waals surface area contributed by atoms with Crippen molar-refractivity contribution in [1.29, 1.82) is 0 Å². The van der Waals surface area contributed by atoms with Crippen LogP contribution in [0.4, 0.5) is 5.00 Å². The fourth-order valence-electron chi connectivity index (χ4n) is 4.46. The largest absolute Gasteiger partial charge is 0.457 e. The third kappa shape index (κ3) is 3.44. The number of furan rings is 1. The monoisotopic (exact) mass is 440 g/mol. The van der Waals surface area contributed by atoms with Gasteiger partial charge in [0.1, 0.15) is 16.5 Å². The van der Waals surface area contributed by atoms with Gasteiger partial charge in [-0.05, 0) is 72.6 Å². The molecular weight excluding hydrogens is 416 g/mol. The SMILES string of the molecule is CC(C)(C)C1CCc2c(sc3c2C(=O)NC(c2ccc(-c4ccc(Cl)cc4)o2)N3)C1. The number of carbonyl (C=O) groups is 1. The summed E-state index contributed by atoms with van der Waals surface area (Å²) in [5.41, 5.74) is 3.31. The topological polar surface area (TPSA) is 54.3 Å². The van der Waals surface area contributed by atoms with E-state index in [0.29, 0.717) is 16.7 Å². The van der Waals surface area contributed by atoms with Gasteiger partial charge >= 0.3 is 0 Å². The number of rotatable bonds is 2. The number of thiophene rings is 1. The molecule has 0 saturated carbocycles. The molecule has 2 unspecified atom stereocenters. The highest BCUT2D eigenvalue weighted by atomic mass is 35.5. The number of halogens is 1. The standard InChI is InChI=1S/C24H25ClN2O2S/c1-24(2,3)14-6-9-16-19(12-14)30-23-20(16)22(28)26-21(27-23)18-11-10-17(29-18)13-4-7-15(25)8-5-13/h4-5,7-8,10-11,14,21,27H,6,9,12H2,1-3H3,(H,26,28). The Morgan fingerprint density at radius 2 is 1.87 bits per heavy atom. The Bertz CT molecular complexity index is 1110. The molecule has 1 aliphatic carbocycles. The van der Waals surface area contributed by atoms with E-state index in [-0.39, 0.29) is 17.5 Å². The number of benzene rings is 1. The van der Waals surface area contributed by atoms with Crippen LogP contribution in [0.15, 0.2) is 40.8 Å². The van der Waals surface area contributed by atoms with E-state index < -0.39 is 0 Å². The summed E-state index contributed by atoms with van der Waals surface area (Å²) in [5.74, 6) is 2.08. The van der Waals surface area contributed by atoms with Gasteiger partial charge in [0.05, 0.1) is 5.56 Å². The molecule has 4 nitrogen and oxygen atoms in total. The molecule has 0 saturated heterocycles. The summed E-state index contributed by atoms with van der Waals surface area (Å²) in [5, 5.41) is 8.24. The molecule has 0 radical (unpaired) electrons. The first-order valence-corrected chi connectivity index (χ1v) is 11.6. The van der Waals surface area contributed by atoms with Crippen molar-refractivity contribution in [3.05, 3.63) is 63.2 Å². The van der Waals surface area contributed by atoms with Gasteiger partial charge in [-0.3, -0.25) is 4.79 Å². The molecule has 156 valence electrons. The highest BCUT2D eigenvalue weighted by Crippen LogP contribution is 2.46. The molecule has 5 rings (SSSR count). The Kier molecular flexibility index (Phi) is 4.71. The first-order chi connectivity index (χ1) is 14.3. The van der Waals surface area contributed by atoms with Crippen molar-refractivity contribution in [2.24, 2.45) is 11.3 Å². The summed E-state index contributed by atoms with van der Waals surface area (Å²) >= 11 is 7.72. The van der Waals surface area contributed by atoms with Crippen LogP contribution in [0.3, 0.4) is 0 Å². The van der Waals surface area contributed by atoms with Crippen molar-refractivity contribution in [3.8, 4) is 11.3 Å². The molecule has 6 heteroatoms. The van der Waals surface area contributed by atoms with E-state index in [9.17, 15) is 4.79 Å². The zero-order valence-corrected chi connectivity index (χ0v) is 18.9. The summed E-state index contributed by atoms with van der Waals surface area (Å²) in [6.07, 6.45) is 2.80. The molecule has 2 aliphatic rings. The second-order valence-corrected chi connectivity index (χ2v) is 10.8. The van der Waals surface area contributed by atoms with Crippen LogP contribution in [0.1, 0.15) is 59.9 Å². The number of carbonyl (C=O) groups excluding carboxylic acids is 1. The van der Waals surface area contributed by atoms with Gasteiger partial charge in [0, 0.05) is 15.5 Å². The van der Waals surface area contributed by atoms with Gasteiger partial charge in [-0.15, -0.1) is 11.3 Å². The third-order valence-corrected chi connectivity index (χ3v) is 7.75. The van der Waals surface area contributed by atoms with Gasteiger partial charge < -0.3 is 15.1 Å². The van der Waals surface area contributed by atoms with Gasteiger partial charge in [0.15, 0.2) is 6.17 Å². The number of hydrogen-bond donors (Lipinski definition) is 2. The van der Waals surface area contributed by atoms with E-state index >= 15 is 0 Å². The Hall–Kier alpha value is -2.24. The van der Waals surface area contributed by atoms with Crippen LogP contribution >= 0.6 is 22.9 Å². The zero-order valence-electron chi connectivity index (χ0n) is 17.3. The van der Waals surface area contributed by atoms with Crippen LogP contribution in [0, 0.1) is 11.3 Å². The quantitative estimate of drug-likeness (QED) is 0.468. The van der Waals surface area contributed by atoms with Crippen molar-refractivity contribution in [1.82, 2.24) is 5.32 Å². The van der Waals surface area contributed by atoms with E-state index in [1.165, 1.54) is 10.4 Å². The molecule has 30 heavy (non-hydrogen) atoms. The minimum Gasteiger partial charge on any atom is -0.457 e. The normalized spacial score (nSPS) is 20.9. The highest BCUT2D eigenvalue weighted by Gasteiger charge is 2.37. The van der Waals surface area contributed by atoms with Crippen LogP contribution in [0.5, 0.6) is 0 Å². The molecule has 1 aromatic carbocycles. The van der Waals surface area contributed by atoms with Crippen molar-refractivity contribution in [3.63, 3.8) is 0 Å². The van der Waals surface area contributed by atoms with Crippen molar-refractivity contribution in [2.45, 2.75) is 46.2 Å². The van der Waals surface area contributed by atoms with Gasteiger partial charge in [-0.2, -0.15) is 0 Å². The van der Waals surface area contributed by atoms with Gasteiger partial charge in [-0.25, -0.2) is 0 Å². The second-order valence-electron chi connectivity index (χ2n) is 9.27. The van der Waals surface area contributed by atoms with Crippen LogP contribution in [0.2, 0.25) is 5.02 Å². The molecule has 1 amide bonds. The predicted octanol–water partition coefficient (Wildman–Crippen LogP) is 6.67. The van der Waals surface area contributed by atoms with Crippen LogP contribution in [-0.4, -0.2) is 5.91 Å². The van der Waals surface area contributed by atoms with E-state index in [0.717, 1.165) is 41.2 Å². The number of anilines is 1. The van der Waals surface area contributed by atoms with E-state index in [2.05, 4.69) is 31.4 Å². The summed E-state index contributed by atoms with van der Waals surface area (Å²) < 4.78 is 6.06. The van der Waals surface area contributed by atoms with Crippen molar-refractivity contribution >= 4 is 33.8 Å². The average Bonchev–Trinajstić information content (AvgIpc) is 3.32. The smallest absolute Gasteiger partial charge is 0.256 e. The Morgan fingerprint density at radius 3 is 2.60 bits per heavy atom. The van der Waals surface area contributed by atoms with Gasteiger partial charge in [-0.1, -0.05) is 32.4 Å². The first-order valence-electron chi connectivity index (χ1n) is 10.4. The first kappa shape index (κ1) is 19.7. The van der Waals surface area contributed by atoms with Crippen LogP contribution < -0.4 is 10.6 Å². The molecule has 0 fully saturated rings. The Balaban J connectivity index is 1.41. The van der Waals surface area contributed by atoms with Crippen LogP contribution in [0.25, 0.3) is 11.3 Å². The maximum Gasteiger partial charge on any atom is 0.256 e. The molecule has 3 aromatic rings. The lowest BCUT2D eigenvalue weighted by atomic mass is 9.72. The lowest BCUT2D eigenvalue weighted by molar-refractivity contribution is 0.0930. The van der Waals surface area contributed by atoms with Crippen molar-refractivity contribution < 1.29 is 9.21 Å². The second kappa shape index (κ2) is 7.17. The maximum absolute atomic E-state index is 13.0. The lowest BCUT2D eigenvalue weighted by Gasteiger charge is -2.34. The van der Waals surface area contributed by atoms with Crippen LogP contribution in [-0.2, 0) is 12.8 Å². The zero-order chi connectivity index (χ0) is 21.0. The summed E-state index contributed by atoms with van der Waals surface area (Å²) in [6, 6.07) is 11.4. The molecule has 2 atom stereocenters. The number of hydrogen-bond acceptors (Lipinski definition) is 4. The number of nitrogens with one attached hydrogen (secondary N) is 2. The van der Waals surface area contributed by atoms with Crippen molar-refractivity contribution in [2.75, 3.05) is 5.32 Å². The fraction of sp³-hybridized carbons (Fsp3) is 0.375.